The highest BCUT2D eigenvalue weighted by Gasteiger charge is 2.41. The molecule has 0 spiro atoms. The summed E-state index contributed by atoms with van der Waals surface area (Å²) in [5, 5.41) is 4.07. The van der Waals surface area contributed by atoms with Crippen LogP contribution in [-0.2, 0) is 9.53 Å². The van der Waals surface area contributed by atoms with Gasteiger partial charge in [0.05, 0.1) is 18.1 Å². The van der Waals surface area contributed by atoms with Crippen LogP contribution in [0.3, 0.4) is 0 Å². The topological polar surface area (TPSA) is 38.3 Å². The first kappa shape index (κ1) is 15.0. The van der Waals surface area contributed by atoms with Gasteiger partial charge < -0.3 is 10.1 Å². The molecule has 1 heterocycles. The third kappa shape index (κ3) is 3.68. The number of carbonyl (C=O) groups excluding carboxylic acids is 1. The lowest BCUT2D eigenvalue weighted by Gasteiger charge is -2.22. The van der Waals surface area contributed by atoms with E-state index in [1.165, 1.54) is 0 Å². The van der Waals surface area contributed by atoms with Crippen LogP contribution in [0.4, 0.5) is 0 Å². The second-order valence-corrected chi connectivity index (χ2v) is 5.82. The molecule has 1 aliphatic heterocycles. The minimum Gasteiger partial charge on any atom is -0.374 e. The molecule has 0 aliphatic carbocycles. The minimum absolute atomic E-state index is 0.00521. The number of amides is 1. The number of halogens is 1. The van der Waals surface area contributed by atoms with Crippen molar-refractivity contribution >= 4 is 21.8 Å². The Hall–Kier alpha value is -0.0900. The highest BCUT2D eigenvalue weighted by molar-refractivity contribution is 9.09. The van der Waals surface area contributed by atoms with Crippen LogP contribution in [0.5, 0.6) is 0 Å². The summed E-state index contributed by atoms with van der Waals surface area (Å²) in [7, 11) is 0. The molecule has 1 amide bonds. The average Bonchev–Trinajstić information content (AvgIpc) is 2.52. The van der Waals surface area contributed by atoms with Crippen molar-refractivity contribution in [1.82, 2.24) is 5.32 Å². The van der Waals surface area contributed by atoms with Gasteiger partial charge in [0.1, 0.15) is 0 Å². The van der Waals surface area contributed by atoms with Crippen LogP contribution < -0.4 is 5.32 Å². The van der Waals surface area contributed by atoms with Gasteiger partial charge in [-0.1, -0.05) is 29.8 Å². The Balaban J connectivity index is 2.57. The van der Waals surface area contributed by atoms with Crippen molar-refractivity contribution in [1.29, 1.82) is 0 Å². The Morgan fingerprint density at radius 1 is 1.35 bits per heavy atom. The predicted molar refractivity (Wildman–Crippen MR) is 73.3 cm³/mol. The lowest BCUT2D eigenvalue weighted by molar-refractivity contribution is -0.128. The summed E-state index contributed by atoms with van der Waals surface area (Å²) >= 11 is 3.42. The van der Waals surface area contributed by atoms with Crippen molar-refractivity contribution in [3.63, 3.8) is 0 Å². The first-order chi connectivity index (χ1) is 8.01. The molecule has 0 aromatic heterocycles. The van der Waals surface area contributed by atoms with Crippen LogP contribution in [0.25, 0.3) is 0 Å². The number of ether oxygens (including phenoxy) is 1. The van der Waals surface area contributed by atoms with E-state index in [-0.39, 0.29) is 30.1 Å². The Morgan fingerprint density at radius 2 is 2.00 bits per heavy atom. The molecular formula is C13H24BrNO2. The molecule has 0 aromatic rings. The molecular weight excluding hydrogens is 282 g/mol. The van der Waals surface area contributed by atoms with Gasteiger partial charge in [0.25, 0.3) is 0 Å². The van der Waals surface area contributed by atoms with Gasteiger partial charge in [-0.2, -0.15) is 0 Å². The summed E-state index contributed by atoms with van der Waals surface area (Å²) in [5.74, 6) is 0.447. The maximum atomic E-state index is 12.2. The van der Waals surface area contributed by atoms with Crippen LogP contribution in [0, 0.1) is 11.8 Å². The molecule has 1 aliphatic rings. The van der Waals surface area contributed by atoms with E-state index in [0.717, 1.165) is 18.2 Å². The fraction of sp³-hybridized carbons (Fsp3) is 0.923. The van der Waals surface area contributed by atoms with Crippen molar-refractivity contribution in [2.24, 2.45) is 11.8 Å². The van der Waals surface area contributed by atoms with Gasteiger partial charge in [0, 0.05) is 11.4 Å². The summed E-state index contributed by atoms with van der Waals surface area (Å²) in [6, 6.07) is 0.275. The Labute approximate surface area is 113 Å². The standard InChI is InChI=1S/C13H24BrNO2/c1-5-11(6-7-14)15-13(16)12-8(2)9(3)17-10(12)4/h8-12H,5-7H2,1-4H3,(H,15,16). The lowest BCUT2D eigenvalue weighted by Crippen LogP contribution is -2.42. The zero-order valence-electron chi connectivity index (χ0n) is 11.2. The Bertz CT molecular complexity index is 260. The monoisotopic (exact) mass is 305 g/mol. The van der Waals surface area contributed by atoms with Crippen molar-refractivity contribution in [2.75, 3.05) is 5.33 Å². The molecule has 1 N–H and O–H groups in total. The van der Waals surface area contributed by atoms with Gasteiger partial charge in [-0.05, 0) is 32.6 Å². The summed E-state index contributed by atoms with van der Waals surface area (Å²) < 4.78 is 5.71. The largest absolute Gasteiger partial charge is 0.374 e. The smallest absolute Gasteiger partial charge is 0.226 e. The third-order valence-corrected chi connectivity index (χ3v) is 4.30. The second-order valence-electron chi connectivity index (χ2n) is 5.02. The highest BCUT2D eigenvalue weighted by atomic mass is 79.9. The number of alkyl halides is 1. The number of rotatable bonds is 5. The zero-order chi connectivity index (χ0) is 13.0. The van der Waals surface area contributed by atoms with Gasteiger partial charge in [0.15, 0.2) is 0 Å². The maximum Gasteiger partial charge on any atom is 0.226 e. The van der Waals surface area contributed by atoms with E-state index in [1.54, 1.807) is 0 Å². The van der Waals surface area contributed by atoms with E-state index in [1.807, 2.05) is 13.8 Å². The van der Waals surface area contributed by atoms with Gasteiger partial charge in [-0.25, -0.2) is 0 Å². The van der Waals surface area contributed by atoms with Crippen molar-refractivity contribution in [3.8, 4) is 0 Å². The lowest BCUT2D eigenvalue weighted by atomic mass is 9.88. The van der Waals surface area contributed by atoms with Gasteiger partial charge >= 0.3 is 0 Å². The number of nitrogens with one attached hydrogen (secondary N) is 1. The molecule has 0 radical (unpaired) electrons. The number of hydrogen-bond donors (Lipinski definition) is 1. The molecule has 17 heavy (non-hydrogen) atoms. The summed E-state index contributed by atoms with van der Waals surface area (Å²) in [6.07, 6.45) is 2.16. The van der Waals surface area contributed by atoms with Gasteiger partial charge in [-0.15, -0.1) is 0 Å². The molecule has 5 atom stereocenters. The molecule has 0 saturated carbocycles. The molecule has 5 unspecified atom stereocenters. The van der Waals surface area contributed by atoms with Crippen molar-refractivity contribution in [3.05, 3.63) is 0 Å². The SMILES string of the molecule is CCC(CCBr)NC(=O)C1C(C)OC(C)C1C. The van der Waals surface area contributed by atoms with E-state index < -0.39 is 0 Å². The molecule has 1 rings (SSSR count). The molecule has 4 heteroatoms. The molecule has 1 fully saturated rings. The molecule has 0 bridgehead atoms. The predicted octanol–water partition coefficient (Wildman–Crippen LogP) is 2.73. The Kier molecular flexibility index (Phi) is 5.93. The zero-order valence-corrected chi connectivity index (χ0v) is 12.8. The molecule has 3 nitrogen and oxygen atoms in total. The molecule has 1 saturated heterocycles. The normalized spacial score (nSPS) is 34.6. The first-order valence-electron chi connectivity index (χ1n) is 6.53. The van der Waals surface area contributed by atoms with Crippen molar-refractivity contribution in [2.45, 2.75) is 58.8 Å². The van der Waals surface area contributed by atoms with Crippen LogP contribution in [-0.4, -0.2) is 29.5 Å². The maximum absolute atomic E-state index is 12.2. The summed E-state index contributed by atoms with van der Waals surface area (Å²) in [6.45, 7) is 8.25. The van der Waals surface area contributed by atoms with Crippen LogP contribution in [0.15, 0.2) is 0 Å². The third-order valence-electron chi connectivity index (χ3n) is 3.84. The van der Waals surface area contributed by atoms with Crippen molar-refractivity contribution < 1.29 is 9.53 Å². The highest BCUT2D eigenvalue weighted by Crippen LogP contribution is 2.32. The first-order valence-corrected chi connectivity index (χ1v) is 7.65. The average molecular weight is 306 g/mol. The number of hydrogen-bond acceptors (Lipinski definition) is 2. The Morgan fingerprint density at radius 3 is 2.41 bits per heavy atom. The van der Waals surface area contributed by atoms with Gasteiger partial charge in [-0.3, -0.25) is 4.79 Å². The second kappa shape index (κ2) is 6.74. The summed E-state index contributed by atoms with van der Waals surface area (Å²) in [5.41, 5.74) is 0. The van der Waals surface area contributed by atoms with E-state index in [9.17, 15) is 4.79 Å². The van der Waals surface area contributed by atoms with Crippen LogP contribution in [0.2, 0.25) is 0 Å². The fourth-order valence-electron chi connectivity index (χ4n) is 2.53. The minimum atomic E-state index is -0.00521. The van der Waals surface area contributed by atoms with E-state index in [0.29, 0.717) is 5.92 Å². The van der Waals surface area contributed by atoms with Gasteiger partial charge in [0.2, 0.25) is 5.91 Å². The molecule has 100 valence electrons. The quantitative estimate of drug-likeness (QED) is 0.793. The van der Waals surface area contributed by atoms with Crippen LogP contribution >= 0.6 is 15.9 Å². The fourth-order valence-corrected chi connectivity index (χ4v) is 3.08. The van der Waals surface area contributed by atoms with Crippen LogP contribution in [0.1, 0.15) is 40.5 Å². The summed E-state index contributed by atoms with van der Waals surface area (Å²) in [4.78, 5) is 12.2. The van der Waals surface area contributed by atoms with E-state index >= 15 is 0 Å². The number of carbonyl (C=O) groups is 1. The van der Waals surface area contributed by atoms with E-state index in [4.69, 9.17) is 4.74 Å². The molecule has 0 aromatic carbocycles. The van der Waals surface area contributed by atoms with E-state index in [2.05, 4.69) is 35.1 Å².